The predicted octanol–water partition coefficient (Wildman–Crippen LogP) is 2.72. The van der Waals surface area contributed by atoms with Crippen LogP contribution < -0.4 is 10.1 Å². The summed E-state index contributed by atoms with van der Waals surface area (Å²) in [6.45, 7) is 9.91. The molecule has 0 unspecified atom stereocenters. The van der Waals surface area contributed by atoms with Crippen molar-refractivity contribution in [3.8, 4) is 5.75 Å². The number of benzene rings is 1. The maximum absolute atomic E-state index is 12.3. The molecular formula is C22H34N2O3. The van der Waals surface area contributed by atoms with Crippen molar-refractivity contribution in [3.63, 3.8) is 0 Å². The van der Waals surface area contributed by atoms with Gasteiger partial charge in [0.2, 0.25) is 5.91 Å². The van der Waals surface area contributed by atoms with Crippen LogP contribution in [0.2, 0.25) is 0 Å². The summed E-state index contributed by atoms with van der Waals surface area (Å²) >= 11 is 0. The fourth-order valence-corrected chi connectivity index (χ4v) is 4.18. The van der Waals surface area contributed by atoms with Crippen LogP contribution in [0, 0.1) is 5.41 Å². The van der Waals surface area contributed by atoms with Gasteiger partial charge in [0.05, 0.1) is 0 Å². The Morgan fingerprint density at radius 3 is 2.48 bits per heavy atom. The standard InChI is InChI=1S/C22H34N2O3/c1-21(2,3)17-4-6-19(7-5-17)27-15-18(25)14-24-16-22(9-8-20(24)26)10-12-23-13-11-22/h4-7,18,23,25H,8-16H2,1-3H3/t18-/m1/s1. The number of nitrogens with zero attached hydrogens (tertiary/aromatic N) is 1. The normalized spacial score (nSPS) is 21.3. The van der Waals surface area contributed by atoms with Crippen LogP contribution in [0.25, 0.3) is 0 Å². The summed E-state index contributed by atoms with van der Waals surface area (Å²) in [6, 6.07) is 8.03. The quantitative estimate of drug-likeness (QED) is 0.832. The fourth-order valence-electron chi connectivity index (χ4n) is 4.18. The molecule has 2 fully saturated rings. The molecule has 27 heavy (non-hydrogen) atoms. The molecule has 1 aromatic rings. The van der Waals surface area contributed by atoms with Crippen molar-refractivity contribution in [3.05, 3.63) is 29.8 Å². The van der Waals surface area contributed by atoms with E-state index in [-0.39, 0.29) is 23.3 Å². The highest BCUT2D eigenvalue weighted by Crippen LogP contribution is 2.38. The van der Waals surface area contributed by atoms with Crippen molar-refractivity contribution >= 4 is 5.91 Å². The second-order valence-electron chi connectivity index (χ2n) is 9.26. The van der Waals surface area contributed by atoms with E-state index in [1.165, 1.54) is 5.56 Å². The smallest absolute Gasteiger partial charge is 0.222 e. The lowest BCUT2D eigenvalue weighted by Gasteiger charge is -2.45. The van der Waals surface area contributed by atoms with E-state index >= 15 is 0 Å². The van der Waals surface area contributed by atoms with E-state index in [2.05, 4.69) is 38.2 Å². The first-order valence-corrected chi connectivity index (χ1v) is 10.2. The Bertz CT molecular complexity index is 630. The topological polar surface area (TPSA) is 61.8 Å². The molecule has 150 valence electrons. The van der Waals surface area contributed by atoms with E-state index in [0.717, 1.165) is 44.6 Å². The van der Waals surface area contributed by atoms with Crippen LogP contribution in [0.15, 0.2) is 24.3 Å². The number of β-amino-alcohol motifs (C(OH)–C–C–N with tert-alkyl or cyclic N) is 1. The Balaban J connectivity index is 1.50. The Hall–Kier alpha value is -1.59. The molecule has 0 saturated carbocycles. The van der Waals surface area contributed by atoms with Crippen LogP contribution in [0.4, 0.5) is 0 Å². The largest absolute Gasteiger partial charge is 0.491 e. The lowest BCUT2D eigenvalue weighted by atomic mass is 9.72. The van der Waals surface area contributed by atoms with E-state index in [9.17, 15) is 9.90 Å². The van der Waals surface area contributed by atoms with Gasteiger partial charge in [0.1, 0.15) is 18.5 Å². The van der Waals surface area contributed by atoms with Crippen molar-refractivity contribution < 1.29 is 14.6 Å². The van der Waals surface area contributed by atoms with Gasteiger partial charge in [-0.05, 0) is 60.9 Å². The lowest BCUT2D eigenvalue weighted by Crippen LogP contribution is -2.52. The summed E-state index contributed by atoms with van der Waals surface area (Å²) in [7, 11) is 0. The minimum absolute atomic E-state index is 0.108. The van der Waals surface area contributed by atoms with Crippen molar-refractivity contribution in [2.24, 2.45) is 5.41 Å². The zero-order valence-electron chi connectivity index (χ0n) is 17.0. The molecule has 0 aromatic heterocycles. The van der Waals surface area contributed by atoms with Gasteiger partial charge in [-0.25, -0.2) is 0 Å². The van der Waals surface area contributed by atoms with Gasteiger partial charge in [-0.15, -0.1) is 0 Å². The summed E-state index contributed by atoms with van der Waals surface area (Å²) in [5.41, 5.74) is 1.60. The van der Waals surface area contributed by atoms with Crippen LogP contribution in [0.5, 0.6) is 5.75 Å². The van der Waals surface area contributed by atoms with Crippen molar-refractivity contribution in [1.29, 1.82) is 0 Å². The van der Waals surface area contributed by atoms with Gasteiger partial charge >= 0.3 is 0 Å². The minimum atomic E-state index is -0.673. The molecule has 2 heterocycles. The number of aliphatic hydroxyl groups excluding tert-OH is 1. The Morgan fingerprint density at radius 1 is 1.19 bits per heavy atom. The minimum Gasteiger partial charge on any atom is -0.491 e. The molecule has 5 heteroatoms. The first-order chi connectivity index (χ1) is 12.8. The van der Waals surface area contributed by atoms with Crippen LogP contribution in [0.1, 0.15) is 52.0 Å². The highest BCUT2D eigenvalue weighted by Gasteiger charge is 2.39. The number of ether oxygens (including phenoxy) is 1. The van der Waals surface area contributed by atoms with Crippen LogP contribution in [-0.2, 0) is 10.2 Å². The number of piperidine rings is 2. The first kappa shape index (κ1) is 20.2. The summed E-state index contributed by atoms with van der Waals surface area (Å²) in [5.74, 6) is 0.912. The molecular weight excluding hydrogens is 340 g/mol. The molecule has 0 radical (unpaired) electrons. The van der Waals surface area contributed by atoms with E-state index in [1.807, 2.05) is 17.0 Å². The third kappa shape index (κ3) is 5.23. The molecule has 2 N–H and O–H groups in total. The van der Waals surface area contributed by atoms with E-state index in [4.69, 9.17) is 4.74 Å². The van der Waals surface area contributed by atoms with E-state index < -0.39 is 6.10 Å². The van der Waals surface area contributed by atoms with Gasteiger partial charge in [-0.1, -0.05) is 32.9 Å². The number of amides is 1. The SMILES string of the molecule is CC(C)(C)c1ccc(OC[C@H](O)CN2CC3(CCNCC3)CCC2=O)cc1. The molecule has 3 rings (SSSR count). The van der Waals surface area contributed by atoms with Crippen molar-refractivity contribution in [2.75, 3.05) is 32.8 Å². The molecule has 0 aliphatic carbocycles. The molecule has 1 amide bonds. The average Bonchev–Trinajstić information content (AvgIpc) is 2.64. The highest BCUT2D eigenvalue weighted by atomic mass is 16.5. The number of aliphatic hydroxyl groups is 1. The highest BCUT2D eigenvalue weighted by molar-refractivity contribution is 5.77. The average molecular weight is 375 g/mol. The maximum atomic E-state index is 12.3. The molecule has 1 spiro atoms. The number of likely N-dealkylation sites (tertiary alicyclic amines) is 1. The van der Waals surface area contributed by atoms with Gasteiger partial charge < -0.3 is 20.1 Å². The molecule has 1 aromatic carbocycles. The summed E-state index contributed by atoms with van der Waals surface area (Å²) < 4.78 is 5.75. The van der Waals surface area contributed by atoms with Crippen molar-refractivity contribution in [1.82, 2.24) is 10.2 Å². The lowest BCUT2D eigenvalue weighted by molar-refractivity contribution is -0.140. The molecule has 2 saturated heterocycles. The zero-order valence-corrected chi connectivity index (χ0v) is 17.0. The summed E-state index contributed by atoms with van der Waals surface area (Å²) in [6.07, 6.45) is 3.14. The van der Waals surface area contributed by atoms with Crippen LogP contribution in [-0.4, -0.2) is 54.8 Å². The maximum Gasteiger partial charge on any atom is 0.222 e. The van der Waals surface area contributed by atoms with Gasteiger partial charge in [0.15, 0.2) is 0 Å². The number of carbonyl (C=O) groups excluding carboxylic acids is 1. The second-order valence-corrected chi connectivity index (χ2v) is 9.26. The third-order valence-electron chi connectivity index (χ3n) is 6.01. The number of hydrogen-bond donors (Lipinski definition) is 2. The fraction of sp³-hybridized carbons (Fsp3) is 0.682. The summed E-state index contributed by atoms with van der Waals surface area (Å²) in [5, 5.41) is 13.8. The number of rotatable bonds is 5. The van der Waals surface area contributed by atoms with E-state index in [1.54, 1.807) is 0 Å². The number of nitrogens with one attached hydrogen (secondary N) is 1. The van der Waals surface area contributed by atoms with Crippen LogP contribution in [0.3, 0.4) is 0 Å². The monoisotopic (exact) mass is 374 g/mol. The van der Waals surface area contributed by atoms with Gasteiger partial charge in [-0.2, -0.15) is 0 Å². The first-order valence-electron chi connectivity index (χ1n) is 10.2. The van der Waals surface area contributed by atoms with Crippen molar-refractivity contribution in [2.45, 2.75) is 58.0 Å². The van der Waals surface area contributed by atoms with E-state index in [0.29, 0.717) is 13.0 Å². The van der Waals surface area contributed by atoms with Gasteiger partial charge in [0.25, 0.3) is 0 Å². The van der Waals surface area contributed by atoms with Gasteiger partial charge in [0, 0.05) is 19.5 Å². The number of hydrogen-bond acceptors (Lipinski definition) is 4. The molecule has 0 bridgehead atoms. The molecule has 2 aliphatic heterocycles. The van der Waals surface area contributed by atoms with Crippen LogP contribution >= 0.6 is 0 Å². The predicted molar refractivity (Wildman–Crippen MR) is 107 cm³/mol. The summed E-state index contributed by atoms with van der Waals surface area (Å²) in [4.78, 5) is 14.2. The third-order valence-corrected chi connectivity index (χ3v) is 6.01. The zero-order chi connectivity index (χ0) is 19.5. The molecule has 1 atom stereocenters. The number of carbonyl (C=O) groups is 1. The van der Waals surface area contributed by atoms with Gasteiger partial charge in [-0.3, -0.25) is 4.79 Å². The second kappa shape index (κ2) is 8.19. The Kier molecular flexibility index (Phi) is 6.11. The Morgan fingerprint density at radius 2 is 1.85 bits per heavy atom. The molecule has 2 aliphatic rings. The Labute approximate surface area is 163 Å². The molecule has 5 nitrogen and oxygen atoms in total.